The smallest absolute Gasteiger partial charge is 0.308 e. The zero-order valence-electron chi connectivity index (χ0n) is 11.0. The molecule has 0 amide bonds. The number of anilines is 1. The van der Waals surface area contributed by atoms with Gasteiger partial charge in [0.05, 0.1) is 13.0 Å². The summed E-state index contributed by atoms with van der Waals surface area (Å²) in [6.45, 7) is 2.08. The van der Waals surface area contributed by atoms with Crippen LogP contribution in [0.25, 0.3) is 0 Å². The minimum Gasteiger partial charge on any atom is -0.496 e. The van der Waals surface area contributed by atoms with Gasteiger partial charge in [-0.25, -0.2) is 0 Å². The summed E-state index contributed by atoms with van der Waals surface area (Å²) >= 11 is 0. The van der Waals surface area contributed by atoms with Crippen molar-refractivity contribution < 1.29 is 14.6 Å². The second-order valence-corrected chi connectivity index (χ2v) is 4.71. The molecule has 1 saturated carbocycles. The number of carboxylic acid groups (broad SMARTS) is 1. The topological polar surface area (TPSA) is 49.8 Å². The molecule has 0 aromatic heterocycles. The van der Waals surface area contributed by atoms with Gasteiger partial charge >= 0.3 is 5.97 Å². The number of ether oxygens (including phenoxy) is 1. The summed E-state index contributed by atoms with van der Waals surface area (Å²) in [5.41, 5.74) is 2.20. The van der Waals surface area contributed by atoms with Crippen molar-refractivity contribution in [3.8, 4) is 5.75 Å². The standard InChI is InChI=1S/C14H19NO3/c1-4-9-7-10(5-6-13(9)18-3)15(2)12-8-11(12)14(16)17/h5-7,11-12H,4,8H2,1-3H3,(H,16,17). The predicted molar refractivity (Wildman–Crippen MR) is 70.3 cm³/mol. The van der Waals surface area contributed by atoms with E-state index in [1.807, 2.05) is 19.2 Å². The number of carbonyl (C=O) groups is 1. The number of rotatable bonds is 5. The number of nitrogens with zero attached hydrogens (tertiary/aromatic N) is 1. The summed E-state index contributed by atoms with van der Waals surface area (Å²) in [5, 5.41) is 8.96. The van der Waals surface area contributed by atoms with Crippen molar-refractivity contribution in [2.45, 2.75) is 25.8 Å². The van der Waals surface area contributed by atoms with Crippen molar-refractivity contribution >= 4 is 11.7 Å². The van der Waals surface area contributed by atoms with E-state index in [4.69, 9.17) is 9.84 Å². The lowest BCUT2D eigenvalue weighted by molar-refractivity contribution is -0.138. The van der Waals surface area contributed by atoms with E-state index in [0.717, 1.165) is 29.8 Å². The Bertz CT molecular complexity index is 458. The van der Waals surface area contributed by atoms with Crippen LogP contribution in [0.2, 0.25) is 0 Å². The molecule has 2 rings (SSSR count). The molecule has 1 aromatic rings. The lowest BCUT2D eigenvalue weighted by Gasteiger charge is -2.20. The summed E-state index contributed by atoms with van der Waals surface area (Å²) in [4.78, 5) is 12.9. The van der Waals surface area contributed by atoms with E-state index in [0.29, 0.717) is 0 Å². The highest BCUT2D eigenvalue weighted by Gasteiger charge is 2.46. The number of hydrogen-bond donors (Lipinski definition) is 1. The molecule has 98 valence electrons. The van der Waals surface area contributed by atoms with E-state index in [9.17, 15) is 4.79 Å². The molecule has 1 fully saturated rings. The third kappa shape index (κ3) is 2.28. The fourth-order valence-electron chi connectivity index (χ4n) is 2.33. The molecule has 18 heavy (non-hydrogen) atoms. The van der Waals surface area contributed by atoms with Crippen LogP contribution in [0, 0.1) is 5.92 Å². The molecule has 1 N–H and O–H groups in total. The summed E-state index contributed by atoms with van der Waals surface area (Å²) in [6.07, 6.45) is 1.64. The summed E-state index contributed by atoms with van der Waals surface area (Å²) < 4.78 is 5.29. The quantitative estimate of drug-likeness (QED) is 0.869. The van der Waals surface area contributed by atoms with Crippen LogP contribution < -0.4 is 9.64 Å². The molecule has 0 saturated heterocycles. The van der Waals surface area contributed by atoms with Gasteiger partial charge in [0.2, 0.25) is 0 Å². The molecular formula is C14H19NO3. The molecule has 1 aromatic carbocycles. The van der Waals surface area contributed by atoms with Gasteiger partial charge in [-0.3, -0.25) is 4.79 Å². The second-order valence-electron chi connectivity index (χ2n) is 4.71. The van der Waals surface area contributed by atoms with E-state index in [2.05, 4.69) is 17.9 Å². The van der Waals surface area contributed by atoms with Crippen LogP contribution in [0.5, 0.6) is 5.75 Å². The van der Waals surface area contributed by atoms with Crippen molar-refractivity contribution in [2.75, 3.05) is 19.1 Å². The van der Waals surface area contributed by atoms with Crippen LogP contribution in [-0.4, -0.2) is 31.3 Å². The third-order valence-electron chi connectivity index (χ3n) is 3.62. The maximum Gasteiger partial charge on any atom is 0.308 e. The Hall–Kier alpha value is -1.71. The molecule has 0 spiro atoms. The normalized spacial score (nSPS) is 21.5. The molecule has 0 aliphatic heterocycles. The Labute approximate surface area is 107 Å². The van der Waals surface area contributed by atoms with Gasteiger partial charge in [-0.05, 0) is 36.6 Å². The molecule has 0 heterocycles. The zero-order valence-corrected chi connectivity index (χ0v) is 11.0. The van der Waals surface area contributed by atoms with Gasteiger partial charge in [0, 0.05) is 18.8 Å². The Kier molecular flexibility index (Phi) is 3.45. The van der Waals surface area contributed by atoms with Crippen LogP contribution in [-0.2, 0) is 11.2 Å². The van der Waals surface area contributed by atoms with Crippen molar-refractivity contribution in [2.24, 2.45) is 5.92 Å². The lowest BCUT2D eigenvalue weighted by atomic mass is 10.1. The van der Waals surface area contributed by atoms with Crippen molar-refractivity contribution in [1.82, 2.24) is 0 Å². The van der Waals surface area contributed by atoms with Gasteiger partial charge in [0.1, 0.15) is 5.75 Å². The minimum absolute atomic E-state index is 0.126. The van der Waals surface area contributed by atoms with Gasteiger partial charge < -0.3 is 14.7 Å². The molecule has 4 nitrogen and oxygen atoms in total. The lowest BCUT2D eigenvalue weighted by Crippen LogP contribution is -2.23. The van der Waals surface area contributed by atoms with E-state index in [1.165, 1.54) is 0 Å². The largest absolute Gasteiger partial charge is 0.496 e. The number of benzene rings is 1. The Morgan fingerprint density at radius 2 is 2.28 bits per heavy atom. The monoisotopic (exact) mass is 249 g/mol. The molecule has 1 aliphatic carbocycles. The maximum absolute atomic E-state index is 10.9. The average Bonchev–Trinajstić information content (AvgIpc) is 3.17. The van der Waals surface area contributed by atoms with Crippen LogP contribution in [0.1, 0.15) is 18.9 Å². The van der Waals surface area contributed by atoms with E-state index < -0.39 is 5.97 Å². The third-order valence-corrected chi connectivity index (χ3v) is 3.62. The first-order valence-corrected chi connectivity index (χ1v) is 6.21. The first kappa shape index (κ1) is 12.7. The Morgan fingerprint density at radius 3 is 2.78 bits per heavy atom. The van der Waals surface area contributed by atoms with Gasteiger partial charge in [-0.2, -0.15) is 0 Å². The van der Waals surface area contributed by atoms with Gasteiger partial charge in [0.25, 0.3) is 0 Å². The zero-order chi connectivity index (χ0) is 13.3. The van der Waals surface area contributed by atoms with E-state index >= 15 is 0 Å². The molecule has 4 heteroatoms. The first-order chi connectivity index (χ1) is 8.58. The molecule has 2 atom stereocenters. The van der Waals surface area contributed by atoms with Gasteiger partial charge in [-0.1, -0.05) is 6.92 Å². The molecule has 0 bridgehead atoms. The number of carboxylic acids is 1. The predicted octanol–water partition coefficient (Wildman–Crippen LogP) is 2.17. The summed E-state index contributed by atoms with van der Waals surface area (Å²) in [7, 11) is 3.62. The fraction of sp³-hybridized carbons (Fsp3) is 0.500. The molecule has 2 unspecified atom stereocenters. The number of hydrogen-bond acceptors (Lipinski definition) is 3. The van der Waals surface area contributed by atoms with Crippen molar-refractivity contribution in [1.29, 1.82) is 0 Å². The van der Waals surface area contributed by atoms with Crippen LogP contribution in [0.4, 0.5) is 5.69 Å². The SMILES string of the molecule is CCc1cc(N(C)C2CC2C(=O)O)ccc1OC. The summed E-state index contributed by atoms with van der Waals surface area (Å²) in [6, 6.07) is 6.13. The highest BCUT2D eigenvalue weighted by molar-refractivity contribution is 5.76. The van der Waals surface area contributed by atoms with E-state index in [1.54, 1.807) is 7.11 Å². The van der Waals surface area contributed by atoms with Crippen LogP contribution in [0.3, 0.4) is 0 Å². The minimum atomic E-state index is -0.698. The van der Waals surface area contributed by atoms with E-state index in [-0.39, 0.29) is 12.0 Å². The number of methoxy groups -OCH3 is 1. The Morgan fingerprint density at radius 1 is 1.56 bits per heavy atom. The highest BCUT2D eigenvalue weighted by atomic mass is 16.5. The second kappa shape index (κ2) is 4.88. The van der Waals surface area contributed by atoms with Crippen molar-refractivity contribution in [3.63, 3.8) is 0 Å². The first-order valence-electron chi connectivity index (χ1n) is 6.21. The van der Waals surface area contributed by atoms with Crippen molar-refractivity contribution in [3.05, 3.63) is 23.8 Å². The summed E-state index contributed by atoms with van der Waals surface area (Å²) in [5.74, 6) is -0.0292. The molecule has 0 radical (unpaired) electrons. The molecular weight excluding hydrogens is 230 g/mol. The highest BCUT2D eigenvalue weighted by Crippen LogP contribution is 2.38. The number of aliphatic carboxylic acids is 1. The maximum atomic E-state index is 10.9. The van der Waals surface area contributed by atoms with Gasteiger partial charge in [-0.15, -0.1) is 0 Å². The number of aryl methyl sites for hydroxylation is 1. The Balaban J connectivity index is 2.16. The fourth-order valence-corrected chi connectivity index (χ4v) is 2.33. The average molecular weight is 249 g/mol. The van der Waals surface area contributed by atoms with Crippen LogP contribution in [0.15, 0.2) is 18.2 Å². The van der Waals surface area contributed by atoms with Crippen LogP contribution >= 0.6 is 0 Å². The van der Waals surface area contributed by atoms with Gasteiger partial charge in [0.15, 0.2) is 0 Å². The molecule has 1 aliphatic rings.